The Labute approximate surface area is 116 Å². The third-order valence-electron chi connectivity index (χ3n) is 3.40. The number of aromatic carboxylic acids is 1. The van der Waals surface area contributed by atoms with Gasteiger partial charge in [-0.15, -0.1) is 0 Å². The molecule has 0 radical (unpaired) electrons. The van der Waals surface area contributed by atoms with E-state index in [0.717, 1.165) is 19.4 Å². The lowest BCUT2D eigenvalue weighted by Crippen LogP contribution is -2.23. The van der Waals surface area contributed by atoms with Crippen molar-refractivity contribution in [3.63, 3.8) is 0 Å². The summed E-state index contributed by atoms with van der Waals surface area (Å²) in [7, 11) is 0. The van der Waals surface area contributed by atoms with Crippen LogP contribution in [0, 0.1) is 5.92 Å². The monoisotopic (exact) mass is 284 g/mol. The summed E-state index contributed by atoms with van der Waals surface area (Å²) in [6.45, 7) is 3.56. The summed E-state index contributed by atoms with van der Waals surface area (Å²) in [5, 5.41) is 12.3. The van der Waals surface area contributed by atoms with E-state index < -0.39 is 5.97 Å². The van der Waals surface area contributed by atoms with Gasteiger partial charge in [0.2, 0.25) is 0 Å². The molecule has 2 atom stereocenters. The minimum atomic E-state index is -1.05. The largest absolute Gasteiger partial charge is 0.478 e. The Balaban J connectivity index is 2.03. The number of pyridine rings is 1. The molecular formula is C13H17ClN2O3. The molecule has 104 valence electrons. The van der Waals surface area contributed by atoms with Gasteiger partial charge in [-0.2, -0.15) is 0 Å². The first-order valence-electron chi connectivity index (χ1n) is 6.36. The number of carboxylic acids is 1. The van der Waals surface area contributed by atoms with Crippen molar-refractivity contribution < 1.29 is 14.6 Å². The second-order valence-electron chi connectivity index (χ2n) is 4.57. The maximum absolute atomic E-state index is 11.0. The van der Waals surface area contributed by atoms with Crippen molar-refractivity contribution in [3.05, 3.63) is 22.8 Å². The number of nitrogens with zero attached hydrogens (tertiary/aromatic N) is 1. The van der Waals surface area contributed by atoms with E-state index in [0.29, 0.717) is 18.3 Å². The van der Waals surface area contributed by atoms with Crippen LogP contribution >= 0.6 is 11.6 Å². The highest BCUT2D eigenvalue weighted by molar-refractivity contribution is 6.35. The Bertz CT molecular complexity index is 467. The maximum atomic E-state index is 11.0. The number of rotatable bonds is 5. The first-order chi connectivity index (χ1) is 9.13. The van der Waals surface area contributed by atoms with E-state index in [-0.39, 0.29) is 16.7 Å². The molecule has 0 saturated carbocycles. The molecule has 0 bridgehead atoms. The molecule has 2 heterocycles. The van der Waals surface area contributed by atoms with Crippen LogP contribution in [0.1, 0.15) is 30.1 Å². The van der Waals surface area contributed by atoms with Crippen LogP contribution in [0.2, 0.25) is 5.02 Å². The minimum absolute atomic E-state index is 0.0638. The molecule has 0 spiro atoms. The minimum Gasteiger partial charge on any atom is -0.478 e. The van der Waals surface area contributed by atoms with Gasteiger partial charge in [0.1, 0.15) is 5.82 Å². The fourth-order valence-electron chi connectivity index (χ4n) is 2.34. The SMILES string of the molecule is CCC1OCCC1CNc1nccc(C(=O)O)c1Cl. The molecule has 2 N–H and O–H groups in total. The Hall–Kier alpha value is -1.33. The quantitative estimate of drug-likeness (QED) is 0.870. The van der Waals surface area contributed by atoms with Gasteiger partial charge in [-0.05, 0) is 18.9 Å². The smallest absolute Gasteiger partial charge is 0.337 e. The van der Waals surface area contributed by atoms with Gasteiger partial charge in [0.25, 0.3) is 0 Å². The Morgan fingerprint density at radius 1 is 1.68 bits per heavy atom. The highest BCUT2D eigenvalue weighted by Crippen LogP contribution is 2.27. The Morgan fingerprint density at radius 2 is 2.47 bits per heavy atom. The van der Waals surface area contributed by atoms with Crippen LogP contribution < -0.4 is 5.32 Å². The summed E-state index contributed by atoms with van der Waals surface area (Å²) >= 11 is 6.02. The van der Waals surface area contributed by atoms with Crippen molar-refractivity contribution in [3.8, 4) is 0 Å². The van der Waals surface area contributed by atoms with E-state index >= 15 is 0 Å². The molecule has 2 rings (SSSR count). The Morgan fingerprint density at radius 3 is 3.16 bits per heavy atom. The van der Waals surface area contributed by atoms with E-state index in [1.165, 1.54) is 12.3 Å². The Kier molecular flexibility index (Phi) is 4.61. The van der Waals surface area contributed by atoms with E-state index in [2.05, 4.69) is 17.2 Å². The first kappa shape index (κ1) is 14.1. The lowest BCUT2D eigenvalue weighted by Gasteiger charge is -2.18. The van der Waals surface area contributed by atoms with E-state index in [9.17, 15) is 4.79 Å². The van der Waals surface area contributed by atoms with Crippen LogP contribution in [0.4, 0.5) is 5.82 Å². The molecular weight excluding hydrogens is 268 g/mol. The summed E-state index contributed by atoms with van der Waals surface area (Å²) < 4.78 is 5.61. The van der Waals surface area contributed by atoms with Crippen molar-refractivity contribution in [2.75, 3.05) is 18.5 Å². The van der Waals surface area contributed by atoms with Crippen LogP contribution in [0.5, 0.6) is 0 Å². The van der Waals surface area contributed by atoms with Gasteiger partial charge >= 0.3 is 5.97 Å². The van der Waals surface area contributed by atoms with Gasteiger partial charge in [0.15, 0.2) is 0 Å². The van der Waals surface area contributed by atoms with Gasteiger partial charge in [-0.1, -0.05) is 18.5 Å². The summed E-state index contributed by atoms with van der Waals surface area (Å²) in [5.41, 5.74) is 0.0638. The van der Waals surface area contributed by atoms with E-state index in [1.807, 2.05) is 0 Å². The van der Waals surface area contributed by atoms with Crippen LogP contribution in [0.3, 0.4) is 0 Å². The summed E-state index contributed by atoms with van der Waals surface area (Å²) in [6.07, 6.45) is 3.68. The fourth-order valence-corrected chi connectivity index (χ4v) is 2.60. The lowest BCUT2D eigenvalue weighted by molar-refractivity contribution is 0.0697. The molecule has 0 amide bonds. The number of aromatic nitrogens is 1. The predicted octanol–water partition coefficient (Wildman–Crippen LogP) is 2.66. The summed E-state index contributed by atoms with van der Waals surface area (Å²) in [5.74, 6) is -0.217. The first-order valence-corrected chi connectivity index (χ1v) is 6.74. The zero-order valence-electron chi connectivity index (χ0n) is 10.7. The average molecular weight is 285 g/mol. The fraction of sp³-hybridized carbons (Fsp3) is 0.538. The normalized spacial score (nSPS) is 22.4. The third kappa shape index (κ3) is 3.16. The zero-order valence-corrected chi connectivity index (χ0v) is 11.5. The molecule has 1 saturated heterocycles. The topological polar surface area (TPSA) is 71.5 Å². The van der Waals surface area contributed by atoms with Crippen molar-refractivity contribution in [1.82, 2.24) is 4.98 Å². The third-order valence-corrected chi connectivity index (χ3v) is 3.78. The van der Waals surface area contributed by atoms with Crippen LogP contribution in [0.15, 0.2) is 12.3 Å². The number of ether oxygens (including phenoxy) is 1. The number of carboxylic acid groups (broad SMARTS) is 1. The molecule has 1 aromatic heterocycles. The van der Waals surface area contributed by atoms with Gasteiger partial charge in [-0.25, -0.2) is 9.78 Å². The highest BCUT2D eigenvalue weighted by atomic mass is 35.5. The number of hydrogen-bond donors (Lipinski definition) is 2. The molecule has 1 aromatic rings. The second kappa shape index (κ2) is 6.21. The highest BCUT2D eigenvalue weighted by Gasteiger charge is 2.26. The molecule has 0 aliphatic carbocycles. The van der Waals surface area contributed by atoms with Gasteiger partial charge in [0, 0.05) is 25.3 Å². The van der Waals surface area contributed by atoms with Crippen molar-refractivity contribution in [2.24, 2.45) is 5.92 Å². The number of halogens is 1. The molecule has 0 aromatic carbocycles. The number of nitrogens with one attached hydrogen (secondary N) is 1. The number of hydrogen-bond acceptors (Lipinski definition) is 4. The van der Waals surface area contributed by atoms with Crippen LogP contribution in [0.25, 0.3) is 0 Å². The van der Waals surface area contributed by atoms with Gasteiger partial charge in [-0.3, -0.25) is 0 Å². The van der Waals surface area contributed by atoms with Crippen LogP contribution in [-0.4, -0.2) is 35.3 Å². The number of anilines is 1. The van der Waals surface area contributed by atoms with Crippen LogP contribution in [-0.2, 0) is 4.74 Å². The molecule has 1 aliphatic rings. The van der Waals surface area contributed by atoms with E-state index in [4.69, 9.17) is 21.4 Å². The standard InChI is InChI=1S/C13H17ClN2O3/c1-2-10-8(4-6-19-10)7-16-12-11(14)9(13(17)18)3-5-15-12/h3,5,8,10H,2,4,6-7H2,1H3,(H,15,16)(H,17,18). The lowest BCUT2D eigenvalue weighted by atomic mass is 10.00. The van der Waals surface area contributed by atoms with Crippen molar-refractivity contribution in [1.29, 1.82) is 0 Å². The molecule has 2 unspecified atom stereocenters. The maximum Gasteiger partial charge on any atom is 0.337 e. The van der Waals surface area contributed by atoms with Crippen molar-refractivity contribution >= 4 is 23.4 Å². The summed E-state index contributed by atoms with van der Waals surface area (Å²) in [4.78, 5) is 15.1. The van der Waals surface area contributed by atoms with Crippen molar-refractivity contribution in [2.45, 2.75) is 25.9 Å². The van der Waals surface area contributed by atoms with E-state index in [1.54, 1.807) is 0 Å². The molecule has 6 heteroatoms. The second-order valence-corrected chi connectivity index (χ2v) is 4.95. The van der Waals surface area contributed by atoms with Gasteiger partial charge < -0.3 is 15.2 Å². The average Bonchev–Trinajstić information content (AvgIpc) is 2.84. The summed E-state index contributed by atoms with van der Waals surface area (Å²) in [6, 6.07) is 1.39. The molecule has 19 heavy (non-hydrogen) atoms. The molecule has 5 nitrogen and oxygen atoms in total. The predicted molar refractivity (Wildman–Crippen MR) is 72.8 cm³/mol. The molecule has 1 aliphatic heterocycles. The zero-order chi connectivity index (χ0) is 13.8. The molecule has 1 fully saturated rings. The van der Waals surface area contributed by atoms with Gasteiger partial charge in [0.05, 0.1) is 16.7 Å². The number of carbonyl (C=O) groups is 1.